The van der Waals surface area contributed by atoms with E-state index in [0.29, 0.717) is 17.9 Å². The first kappa shape index (κ1) is 16.4. The molecule has 0 aliphatic rings. The van der Waals surface area contributed by atoms with E-state index in [2.05, 4.69) is 31.1 Å². The third-order valence-corrected chi connectivity index (χ3v) is 3.40. The zero-order valence-corrected chi connectivity index (χ0v) is 13.1. The number of hydrogen-bond acceptors (Lipinski definition) is 4. The quantitative estimate of drug-likeness (QED) is 0.767. The monoisotopic (exact) mass is 278 g/mol. The number of amides is 1. The number of aryl methyl sites for hydroxylation is 2. The van der Waals surface area contributed by atoms with E-state index in [1.807, 2.05) is 19.9 Å². The molecule has 112 valence electrons. The van der Waals surface area contributed by atoms with Crippen LogP contribution >= 0.6 is 0 Å². The van der Waals surface area contributed by atoms with Gasteiger partial charge in [0.1, 0.15) is 5.82 Å². The van der Waals surface area contributed by atoms with Crippen LogP contribution in [0, 0.1) is 19.3 Å². The first-order chi connectivity index (χ1) is 9.16. The van der Waals surface area contributed by atoms with Gasteiger partial charge in [0.15, 0.2) is 0 Å². The van der Waals surface area contributed by atoms with E-state index in [4.69, 9.17) is 11.5 Å². The Hall–Kier alpha value is -1.62. The molecule has 0 aromatic carbocycles. The van der Waals surface area contributed by atoms with Crippen molar-refractivity contribution in [2.45, 2.75) is 47.1 Å². The van der Waals surface area contributed by atoms with Gasteiger partial charge in [0, 0.05) is 11.7 Å². The molecule has 1 amide bonds. The molecule has 1 aromatic rings. The highest BCUT2D eigenvalue weighted by Crippen LogP contribution is 2.27. The average Bonchev–Trinajstić information content (AvgIpc) is 2.25. The maximum atomic E-state index is 11.7. The molecule has 0 spiro atoms. The van der Waals surface area contributed by atoms with Crippen molar-refractivity contribution >= 4 is 11.7 Å². The van der Waals surface area contributed by atoms with Crippen LogP contribution in [-0.4, -0.2) is 23.5 Å². The number of nitrogens with one attached hydrogen (secondary N) is 1. The summed E-state index contributed by atoms with van der Waals surface area (Å²) < 4.78 is 0. The van der Waals surface area contributed by atoms with Crippen LogP contribution in [0.25, 0.3) is 0 Å². The second kappa shape index (κ2) is 6.22. The molecule has 1 heterocycles. The zero-order valence-electron chi connectivity index (χ0n) is 13.1. The second-order valence-corrected chi connectivity index (χ2v) is 6.31. The fourth-order valence-corrected chi connectivity index (χ4v) is 2.31. The van der Waals surface area contributed by atoms with Gasteiger partial charge in [-0.1, -0.05) is 20.8 Å². The van der Waals surface area contributed by atoms with E-state index in [9.17, 15) is 4.79 Å². The minimum absolute atomic E-state index is 0.00756. The first-order valence-electron chi connectivity index (χ1n) is 6.91. The van der Waals surface area contributed by atoms with E-state index in [1.54, 1.807) is 0 Å². The molecule has 0 fully saturated rings. The molecule has 0 saturated carbocycles. The highest BCUT2D eigenvalue weighted by atomic mass is 16.1. The van der Waals surface area contributed by atoms with Crippen molar-refractivity contribution in [2.24, 2.45) is 16.9 Å². The summed E-state index contributed by atoms with van der Waals surface area (Å²) in [6, 6.07) is 1.99. The van der Waals surface area contributed by atoms with Gasteiger partial charge in [0.2, 0.25) is 0 Å². The van der Waals surface area contributed by atoms with Crippen molar-refractivity contribution < 1.29 is 4.79 Å². The Kier molecular flexibility index (Phi) is 5.11. The van der Waals surface area contributed by atoms with Crippen molar-refractivity contribution in [1.82, 2.24) is 4.98 Å². The molecule has 1 unspecified atom stereocenters. The summed E-state index contributed by atoms with van der Waals surface area (Å²) in [6.45, 7) is 10.7. The highest BCUT2D eigenvalue weighted by molar-refractivity contribution is 5.99. The SMILES string of the molecule is Cc1cc(C)c(C(N)=O)c(NC(CCN)C(C)(C)C)n1. The number of hydrogen-bond donors (Lipinski definition) is 3. The molecular formula is C15H26N4O. The molecule has 0 aliphatic heterocycles. The number of carbonyl (C=O) groups excluding carboxylic acids is 1. The van der Waals surface area contributed by atoms with E-state index >= 15 is 0 Å². The van der Waals surface area contributed by atoms with Crippen LogP contribution in [0.1, 0.15) is 48.8 Å². The van der Waals surface area contributed by atoms with E-state index in [1.165, 1.54) is 0 Å². The number of rotatable bonds is 5. The van der Waals surface area contributed by atoms with Crippen molar-refractivity contribution in [3.63, 3.8) is 0 Å². The Bertz CT molecular complexity index is 491. The maximum Gasteiger partial charge on any atom is 0.252 e. The number of carbonyl (C=O) groups is 1. The van der Waals surface area contributed by atoms with Gasteiger partial charge in [-0.2, -0.15) is 0 Å². The lowest BCUT2D eigenvalue weighted by molar-refractivity contribution is 0.1000. The van der Waals surface area contributed by atoms with Crippen LogP contribution in [0.3, 0.4) is 0 Å². The third kappa shape index (κ3) is 3.93. The predicted octanol–water partition coefficient (Wildman–Crippen LogP) is 1.97. The van der Waals surface area contributed by atoms with E-state index in [0.717, 1.165) is 17.7 Å². The lowest BCUT2D eigenvalue weighted by Crippen LogP contribution is -2.37. The van der Waals surface area contributed by atoms with Crippen molar-refractivity contribution in [3.8, 4) is 0 Å². The summed E-state index contributed by atoms with van der Waals surface area (Å²) in [6.07, 6.45) is 0.802. The Balaban J connectivity index is 3.21. The molecule has 5 heteroatoms. The van der Waals surface area contributed by atoms with Gasteiger partial charge in [0.25, 0.3) is 5.91 Å². The van der Waals surface area contributed by atoms with Crippen molar-refractivity contribution in [2.75, 3.05) is 11.9 Å². The molecular weight excluding hydrogens is 252 g/mol. The van der Waals surface area contributed by atoms with Crippen LogP contribution in [0.5, 0.6) is 0 Å². The van der Waals surface area contributed by atoms with Gasteiger partial charge in [-0.25, -0.2) is 4.98 Å². The number of nitrogens with zero attached hydrogens (tertiary/aromatic N) is 1. The smallest absolute Gasteiger partial charge is 0.252 e. The third-order valence-electron chi connectivity index (χ3n) is 3.40. The van der Waals surface area contributed by atoms with Crippen molar-refractivity contribution in [3.05, 3.63) is 22.9 Å². The fraction of sp³-hybridized carbons (Fsp3) is 0.600. The van der Waals surface area contributed by atoms with Gasteiger partial charge in [0.05, 0.1) is 5.56 Å². The second-order valence-electron chi connectivity index (χ2n) is 6.31. The van der Waals surface area contributed by atoms with Crippen LogP contribution in [0.4, 0.5) is 5.82 Å². The minimum Gasteiger partial charge on any atom is -0.366 e. The zero-order chi connectivity index (χ0) is 15.5. The summed E-state index contributed by atoms with van der Waals surface area (Å²) in [4.78, 5) is 16.1. The number of pyridine rings is 1. The van der Waals surface area contributed by atoms with Gasteiger partial charge >= 0.3 is 0 Å². The number of aromatic nitrogens is 1. The molecule has 0 bridgehead atoms. The molecule has 1 aromatic heterocycles. The summed E-state index contributed by atoms with van der Waals surface area (Å²) in [5.41, 5.74) is 13.3. The van der Waals surface area contributed by atoms with Crippen LogP contribution in [0.15, 0.2) is 6.07 Å². The average molecular weight is 278 g/mol. The lowest BCUT2D eigenvalue weighted by Gasteiger charge is -2.32. The topological polar surface area (TPSA) is 94.0 Å². The Labute approximate surface area is 121 Å². The molecule has 5 N–H and O–H groups in total. The summed E-state index contributed by atoms with van der Waals surface area (Å²) in [5.74, 6) is 0.0984. The van der Waals surface area contributed by atoms with Crippen molar-refractivity contribution in [1.29, 1.82) is 0 Å². The standard InChI is InChI=1S/C15H26N4O/c1-9-8-10(2)18-14(12(9)13(17)20)19-11(6-7-16)15(3,4)5/h8,11H,6-7,16H2,1-5H3,(H2,17,20)(H,18,19). The summed E-state index contributed by atoms with van der Waals surface area (Å²) >= 11 is 0. The van der Waals surface area contributed by atoms with Crippen LogP contribution < -0.4 is 16.8 Å². The number of nitrogens with two attached hydrogens (primary N) is 2. The molecule has 0 saturated heterocycles. The van der Waals surface area contributed by atoms with Gasteiger partial charge in [-0.05, 0) is 43.9 Å². The molecule has 0 radical (unpaired) electrons. The predicted molar refractivity (Wildman–Crippen MR) is 82.8 cm³/mol. The number of primary amides is 1. The minimum atomic E-state index is -0.460. The van der Waals surface area contributed by atoms with Gasteiger partial charge in [-0.15, -0.1) is 0 Å². The molecule has 1 atom stereocenters. The van der Waals surface area contributed by atoms with E-state index < -0.39 is 5.91 Å². The number of anilines is 1. The molecule has 5 nitrogen and oxygen atoms in total. The normalized spacial score (nSPS) is 13.1. The Morgan fingerprint density at radius 3 is 2.45 bits per heavy atom. The molecule has 1 rings (SSSR count). The van der Waals surface area contributed by atoms with Crippen LogP contribution in [-0.2, 0) is 0 Å². The lowest BCUT2D eigenvalue weighted by atomic mass is 9.84. The molecule has 20 heavy (non-hydrogen) atoms. The fourth-order valence-electron chi connectivity index (χ4n) is 2.31. The van der Waals surface area contributed by atoms with Crippen LogP contribution in [0.2, 0.25) is 0 Å². The maximum absolute atomic E-state index is 11.7. The van der Waals surface area contributed by atoms with Gasteiger partial charge < -0.3 is 16.8 Å². The Morgan fingerprint density at radius 2 is 2.00 bits per heavy atom. The largest absolute Gasteiger partial charge is 0.366 e. The Morgan fingerprint density at radius 1 is 1.40 bits per heavy atom. The summed E-state index contributed by atoms with van der Waals surface area (Å²) in [7, 11) is 0. The van der Waals surface area contributed by atoms with E-state index in [-0.39, 0.29) is 11.5 Å². The van der Waals surface area contributed by atoms with Gasteiger partial charge in [-0.3, -0.25) is 4.79 Å². The first-order valence-corrected chi connectivity index (χ1v) is 6.91. The molecule has 0 aliphatic carbocycles. The summed E-state index contributed by atoms with van der Waals surface area (Å²) in [5, 5.41) is 3.36. The highest BCUT2D eigenvalue weighted by Gasteiger charge is 2.26.